The lowest BCUT2D eigenvalue weighted by atomic mass is 10.2. The molecule has 0 atom stereocenters. The zero-order valence-electron chi connectivity index (χ0n) is 10.2. The highest BCUT2D eigenvalue weighted by atomic mass is 16.2. The van der Waals surface area contributed by atoms with Crippen molar-refractivity contribution >= 4 is 11.6 Å². The van der Waals surface area contributed by atoms with Crippen LogP contribution in [-0.4, -0.2) is 35.4 Å². The third-order valence-electron chi connectivity index (χ3n) is 3.31. The van der Waals surface area contributed by atoms with Crippen LogP contribution in [0.3, 0.4) is 0 Å². The molecule has 1 fully saturated rings. The van der Waals surface area contributed by atoms with E-state index in [1.54, 1.807) is 24.5 Å². The first-order valence-corrected chi connectivity index (χ1v) is 6.16. The standard InChI is InChI=1S/C13H19N3O/c1-16(12-4-2-3-5-12)10-13(17)15-11-6-8-14-9-7-11/h6-9,12H,2-5,10H2,1H3,(H,14,15,17). The smallest absolute Gasteiger partial charge is 0.238 e. The van der Waals surface area contributed by atoms with Gasteiger partial charge in [-0.25, -0.2) is 0 Å². The largest absolute Gasteiger partial charge is 0.325 e. The summed E-state index contributed by atoms with van der Waals surface area (Å²) in [5.74, 6) is 0.0469. The van der Waals surface area contributed by atoms with Crippen LogP contribution in [0, 0.1) is 0 Å². The molecule has 1 aromatic heterocycles. The van der Waals surface area contributed by atoms with E-state index in [1.807, 2.05) is 7.05 Å². The number of hydrogen-bond acceptors (Lipinski definition) is 3. The number of likely N-dealkylation sites (N-methyl/N-ethyl adjacent to an activating group) is 1. The quantitative estimate of drug-likeness (QED) is 0.863. The predicted molar refractivity (Wildman–Crippen MR) is 67.8 cm³/mol. The Labute approximate surface area is 102 Å². The van der Waals surface area contributed by atoms with E-state index in [4.69, 9.17) is 0 Å². The Kier molecular flexibility index (Phi) is 4.09. The van der Waals surface area contributed by atoms with Gasteiger partial charge in [0.2, 0.25) is 5.91 Å². The molecule has 0 aliphatic heterocycles. The highest BCUT2D eigenvalue weighted by Crippen LogP contribution is 2.22. The second-order valence-electron chi connectivity index (χ2n) is 4.64. The SMILES string of the molecule is CN(CC(=O)Nc1ccncc1)C1CCCC1. The molecule has 0 radical (unpaired) electrons. The molecule has 1 aliphatic carbocycles. The van der Waals surface area contributed by atoms with Gasteiger partial charge < -0.3 is 5.32 Å². The van der Waals surface area contributed by atoms with Gasteiger partial charge in [-0.2, -0.15) is 0 Å². The van der Waals surface area contributed by atoms with E-state index in [9.17, 15) is 4.79 Å². The molecule has 4 nitrogen and oxygen atoms in total. The molecule has 0 bridgehead atoms. The highest BCUT2D eigenvalue weighted by Gasteiger charge is 2.20. The van der Waals surface area contributed by atoms with Gasteiger partial charge in [-0.1, -0.05) is 12.8 Å². The maximum absolute atomic E-state index is 11.8. The minimum absolute atomic E-state index is 0.0469. The Morgan fingerprint density at radius 2 is 2.06 bits per heavy atom. The Morgan fingerprint density at radius 1 is 1.41 bits per heavy atom. The van der Waals surface area contributed by atoms with Crippen LogP contribution in [-0.2, 0) is 4.79 Å². The molecule has 1 saturated carbocycles. The van der Waals surface area contributed by atoms with Crippen molar-refractivity contribution in [1.82, 2.24) is 9.88 Å². The van der Waals surface area contributed by atoms with E-state index in [0.29, 0.717) is 12.6 Å². The van der Waals surface area contributed by atoms with E-state index in [-0.39, 0.29) is 5.91 Å². The number of carbonyl (C=O) groups is 1. The maximum atomic E-state index is 11.8. The van der Waals surface area contributed by atoms with Crippen LogP contribution in [0.25, 0.3) is 0 Å². The molecule has 17 heavy (non-hydrogen) atoms. The number of nitrogens with zero attached hydrogens (tertiary/aromatic N) is 2. The fraction of sp³-hybridized carbons (Fsp3) is 0.538. The summed E-state index contributed by atoms with van der Waals surface area (Å²) in [5.41, 5.74) is 0.810. The van der Waals surface area contributed by atoms with Gasteiger partial charge in [-0.15, -0.1) is 0 Å². The first kappa shape index (κ1) is 12.0. The summed E-state index contributed by atoms with van der Waals surface area (Å²) >= 11 is 0. The Hall–Kier alpha value is -1.42. The second kappa shape index (κ2) is 5.77. The number of anilines is 1. The minimum atomic E-state index is 0.0469. The summed E-state index contributed by atoms with van der Waals surface area (Å²) in [4.78, 5) is 17.9. The number of rotatable bonds is 4. The average molecular weight is 233 g/mol. The van der Waals surface area contributed by atoms with Crippen molar-refractivity contribution in [2.24, 2.45) is 0 Å². The van der Waals surface area contributed by atoms with Gasteiger partial charge >= 0.3 is 0 Å². The molecule has 4 heteroatoms. The summed E-state index contributed by atoms with van der Waals surface area (Å²) in [7, 11) is 2.03. The topological polar surface area (TPSA) is 45.2 Å². The summed E-state index contributed by atoms with van der Waals surface area (Å²) in [5, 5.41) is 2.88. The van der Waals surface area contributed by atoms with Gasteiger partial charge in [-0.3, -0.25) is 14.7 Å². The Morgan fingerprint density at radius 3 is 2.71 bits per heavy atom. The molecule has 1 heterocycles. The highest BCUT2D eigenvalue weighted by molar-refractivity contribution is 5.92. The van der Waals surface area contributed by atoms with Gasteiger partial charge in [-0.05, 0) is 32.0 Å². The molecule has 1 aliphatic rings. The average Bonchev–Trinajstić information content (AvgIpc) is 2.83. The lowest BCUT2D eigenvalue weighted by Gasteiger charge is -2.23. The number of nitrogens with one attached hydrogen (secondary N) is 1. The van der Waals surface area contributed by atoms with Crippen LogP contribution < -0.4 is 5.32 Å². The molecule has 0 saturated heterocycles. The van der Waals surface area contributed by atoms with Gasteiger partial charge in [0.25, 0.3) is 0 Å². The van der Waals surface area contributed by atoms with Crippen LogP contribution in [0.2, 0.25) is 0 Å². The minimum Gasteiger partial charge on any atom is -0.325 e. The van der Waals surface area contributed by atoms with E-state index >= 15 is 0 Å². The molecular formula is C13H19N3O. The van der Waals surface area contributed by atoms with Crippen molar-refractivity contribution in [2.45, 2.75) is 31.7 Å². The molecule has 92 valence electrons. The summed E-state index contributed by atoms with van der Waals surface area (Å²) < 4.78 is 0. The monoisotopic (exact) mass is 233 g/mol. The van der Waals surface area contributed by atoms with Crippen LogP contribution in [0.4, 0.5) is 5.69 Å². The van der Waals surface area contributed by atoms with E-state index in [1.165, 1.54) is 25.7 Å². The first-order valence-electron chi connectivity index (χ1n) is 6.16. The van der Waals surface area contributed by atoms with E-state index in [0.717, 1.165) is 5.69 Å². The van der Waals surface area contributed by atoms with Gasteiger partial charge in [0.15, 0.2) is 0 Å². The zero-order valence-corrected chi connectivity index (χ0v) is 10.2. The number of hydrogen-bond donors (Lipinski definition) is 1. The lowest BCUT2D eigenvalue weighted by Crippen LogP contribution is -2.36. The fourth-order valence-corrected chi connectivity index (χ4v) is 2.34. The van der Waals surface area contributed by atoms with Gasteiger partial charge in [0, 0.05) is 24.1 Å². The van der Waals surface area contributed by atoms with Gasteiger partial charge in [0.1, 0.15) is 0 Å². The van der Waals surface area contributed by atoms with Crippen LogP contribution in [0.5, 0.6) is 0 Å². The van der Waals surface area contributed by atoms with Crippen molar-refractivity contribution in [3.63, 3.8) is 0 Å². The summed E-state index contributed by atoms with van der Waals surface area (Å²) in [6.45, 7) is 0.465. The molecule has 0 aromatic carbocycles. The normalized spacial score (nSPS) is 16.4. The lowest BCUT2D eigenvalue weighted by molar-refractivity contribution is -0.117. The van der Waals surface area contributed by atoms with Crippen molar-refractivity contribution in [3.05, 3.63) is 24.5 Å². The third kappa shape index (κ3) is 3.53. The van der Waals surface area contributed by atoms with E-state index in [2.05, 4.69) is 15.2 Å². The van der Waals surface area contributed by atoms with Crippen molar-refractivity contribution in [2.75, 3.05) is 18.9 Å². The molecular weight excluding hydrogens is 214 g/mol. The molecule has 1 N–H and O–H groups in total. The molecule has 1 amide bonds. The van der Waals surface area contributed by atoms with Gasteiger partial charge in [0.05, 0.1) is 6.54 Å². The van der Waals surface area contributed by atoms with Crippen molar-refractivity contribution in [1.29, 1.82) is 0 Å². The molecule has 0 spiro atoms. The number of pyridine rings is 1. The number of aromatic nitrogens is 1. The van der Waals surface area contributed by atoms with E-state index < -0.39 is 0 Å². The van der Waals surface area contributed by atoms with Crippen LogP contribution >= 0.6 is 0 Å². The zero-order chi connectivity index (χ0) is 12.1. The predicted octanol–water partition coefficient (Wildman–Crippen LogP) is 1.89. The number of carbonyl (C=O) groups excluding carboxylic acids is 1. The summed E-state index contributed by atoms with van der Waals surface area (Å²) in [6, 6.07) is 4.18. The summed E-state index contributed by atoms with van der Waals surface area (Å²) in [6.07, 6.45) is 8.38. The van der Waals surface area contributed by atoms with Crippen LogP contribution in [0.15, 0.2) is 24.5 Å². The van der Waals surface area contributed by atoms with Crippen molar-refractivity contribution in [3.8, 4) is 0 Å². The third-order valence-corrected chi connectivity index (χ3v) is 3.31. The molecule has 0 unspecified atom stereocenters. The maximum Gasteiger partial charge on any atom is 0.238 e. The number of amides is 1. The Balaban J connectivity index is 1.80. The second-order valence-corrected chi connectivity index (χ2v) is 4.64. The molecule has 1 aromatic rings. The first-order chi connectivity index (χ1) is 8.25. The molecule has 2 rings (SSSR count). The fourth-order valence-electron chi connectivity index (χ4n) is 2.34. The Bertz CT molecular complexity index is 360. The van der Waals surface area contributed by atoms with Crippen molar-refractivity contribution < 1.29 is 4.79 Å². The van der Waals surface area contributed by atoms with Crippen LogP contribution in [0.1, 0.15) is 25.7 Å².